The monoisotopic (exact) mass is 416 g/mol. The molecule has 4 aliphatic carbocycles. The van der Waals surface area contributed by atoms with E-state index in [1.165, 1.54) is 32.1 Å². The Morgan fingerprint density at radius 2 is 1.73 bits per heavy atom. The highest BCUT2D eigenvalue weighted by atomic mass is 16.3. The topological polar surface area (TPSA) is 40.5 Å². The Kier molecular flexibility index (Phi) is 6.26. The second-order valence-corrected chi connectivity index (χ2v) is 12.8. The third-order valence-corrected chi connectivity index (χ3v) is 11.0. The van der Waals surface area contributed by atoms with Gasteiger partial charge in [0.25, 0.3) is 0 Å². The third-order valence-electron chi connectivity index (χ3n) is 11.0. The molecule has 0 spiro atoms. The number of fused-ring (bicyclic) bond motifs is 5. The summed E-state index contributed by atoms with van der Waals surface area (Å²) in [4.78, 5) is 0. The van der Waals surface area contributed by atoms with E-state index in [0.717, 1.165) is 49.4 Å². The summed E-state index contributed by atoms with van der Waals surface area (Å²) in [5, 5.41) is 21.5. The van der Waals surface area contributed by atoms with Crippen LogP contribution in [0.2, 0.25) is 0 Å². The number of rotatable bonds is 5. The molecule has 3 fully saturated rings. The van der Waals surface area contributed by atoms with Gasteiger partial charge in [-0.25, -0.2) is 0 Å². The van der Waals surface area contributed by atoms with Crippen LogP contribution >= 0.6 is 0 Å². The van der Waals surface area contributed by atoms with Crippen LogP contribution in [-0.2, 0) is 0 Å². The van der Waals surface area contributed by atoms with Crippen LogP contribution in [0.1, 0.15) is 99.3 Å². The van der Waals surface area contributed by atoms with Gasteiger partial charge in [-0.15, -0.1) is 0 Å². The summed E-state index contributed by atoms with van der Waals surface area (Å²) in [5.74, 6) is 4.76. The minimum atomic E-state index is -0.124. The number of hydrogen-bond acceptors (Lipinski definition) is 2. The fourth-order valence-electron chi connectivity index (χ4n) is 8.76. The molecule has 0 bridgehead atoms. The lowest BCUT2D eigenvalue weighted by Gasteiger charge is -2.58. The largest absolute Gasteiger partial charge is 0.393 e. The summed E-state index contributed by atoms with van der Waals surface area (Å²) in [6.45, 7) is 14.6. The normalized spacial score (nSPS) is 47.8. The number of hydrogen-bond donors (Lipinski definition) is 2. The van der Waals surface area contributed by atoms with Gasteiger partial charge >= 0.3 is 0 Å². The number of aliphatic hydroxyl groups is 2. The zero-order chi connectivity index (χ0) is 21.8. The Morgan fingerprint density at radius 1 is 1.00 bits per heavy atom. The van der Waals surface area contributed by atoms with Crippen molar-refractivity contribution in [1.29, 1.82) is 0 Å². The molecule has 30 heavy (non-hydrogen) atoms. The van der Waals surface area contributed by atoms with Crippen molar-refractivity contribution in [2.75, 3.05) is 0 Å². The molecule has 0 aromatic carbocycles. The van der Waals surface area contributed by atoms with Gasteiger partial charge in [0.15, 0.2) is 0 Å². The SMILES string of the molecule is CC(C)[C@H](C)CC[C@@H](C)[C@H]1[C@@H](O)CC2C3CC=C4C[C@@H](O)CC[C@]4(C)C3CC[C@@]21C. The summed E-state index contributed by atoms with van der Waals surface area (Å²) >= 11 is 0. The van der Waals surface area contributed by atoms with Crippen molar-refractivity contribution < 1.29 is 10.2 Å². The second kappa shape index (κ2) is 8.22. The lowest BCUT2D eigenvalue weighted by molar-refractivity contribution is -0.0622. The Hall–Kier alpha value is -0.340. The second-order valence-electron chi connectivity index (χ2n) is 12.8. The number of aliphatic hydroxyl groups excluding tert-OH is 2. The van der Waals surface area contributed by atoms with Crippen molar-refractivity contribution in [2.24, 2.45) is 52.3 Å². The van der Waals surface area contributed by atoms with Gasteiger partial charge < -0.3 is 10.2 Å². The van der Waals surface area contributed by atoms with E-state index in [2.05, 4.69) is 47.6 Å². The van der Waals surface area contributed by atoms with E-state index in [9.17, 15) is 10.2 Å². The highest BCUT2D eigenvalue weighted by Gasteiger charge is 2.61. The molecular formula is C28H48O2. The van der Waals surface area contributed by atoms with E-state index in [4.69, 9.17) is 0 Å². The molecule has 0 saturated heterocycles. The van der Waals surface area contributed by atoms with Crippen LogP contribution in [0.4, 0.5) is 0 Å². The van der Waals surface area contributed by atoms with Gasteiger partial charge in [-0.05, 0) is 97.2 Å². The molecule has 0 aromatic heterocycles. The average molecular weight is 417 g/mol. The van der Waals surface area contributed by atoms with Crippen molar-refractivity contribution in [3.63, 3.8) is 0 Å². The van der Waals surface area contributed by atoms with Gasteiger partial charge in [-0.2, -0.15) is 0 Å². The van der Waals surface area contributed by atoms with Crippen molar-refractivity contribution in [1.82, 2.24) is 0 Å². The standard InChI is InChI=1S/C28H48O2/c1-17(2)18(3)7-8-19(4)26-25(30)16-24-22-10-9-20-15-21(29)11-13-27(20,5)23(22)12-14-28(24,26)6/h9,17-19,21-26,29-30H,7-8,10-16H2,1-6H3/t18-,19-,21+,22?,23?,24?,25+,26+,27+,28+/m1/s1. The predicted molar refractivity (Wildman–Crippen MR) is 125 cm³/mol. The molecular weight excluding hydrogens is 368 g/mol. The average Bonchev–Trinajstić information content (AvgIpc) is 2.96. The van der Waals surface area contributed by atoms with Gasteiger partial charge in [0.05, 0.1) is 12.2 Å². The van der Waals surface area contributed by atoms with E-state index >= 15 is 0 Å². The molecule has 3 saturated carbocycles. The first-order valence-corrected chi connectivity index (χ1v) is 13.1. The fourth-order valence-corrected chi connectivity index (χ4v) is 8.76. The maximum absolute atomic E-state index is 11.3. The highest BCUT2D eigenvalue weighted by molar-refractivity contribution is 5.25. The molecule has 0 aliphatic heterocycles. The van der Waals surface area contributed by atoms with Crippen LogP contribution in [0.15, 0.2) is 11.6 Å². The molecule has 4 aliphatic rings. The molecule has 0 radical (unpaired) electrons. The molecule has 3 unspecified atom stereocenters. The van der Waals surface area contributed by atoms with E-state index in [1.807, 2.05) is 0 Å². The first kappa shape index (κ1) is 22.8. The van der Waals surface area contributed by atoms with Crippen molar-refractivity contribution in [3.8, 4) is 0 Å². The first-order valence-electron chi connectivity index (χ1n) is 13.1. The van der Waals surface area contributed by atoms with Gasteiger partial charge in [-0.1, -0.05) is 66.0 Å². The molecule has 172 valence electrons. The van der Waals surface area contributed by atoms with Crippen LogP contribution in [0.3, 0.4) is 0 Å². The Bertz CT molecular complexity index is 653. The molecule has 2 N–H and O–H groups in total. The summed E-state index contributed by atoms with van der Waals surface area (Å²) in [5.41, 5.74) is 2.15. The zero-order valence-corrected chi connectivity index (χ0v) is 20.5. The van der Waals surface area contributed by atoms with Crippen LogP contribution < -0.4 is 0 Å². The first-order chi connectivity index (χ1) is 14.1. The van der Waals surface area contributed by atoms with Gasteiger partial charge in [-0.3, -0.25) is 0 Å². The van der Waals surface area contributed by atoms with E-state index in [1.54, 1.807) is 5.57 Å². The lowest BCUT2D eigenvalue weighted by atomic mass is 9.47. The molecule has 0 aromatic rings. The maximum atomic E-state index is 11.3. The van der Waals surface area contributed by atoms with E-state index in [0.29, 0.717) is 28.6 Å². The number of allylic oxidation sites excluding steroid dienone is 1. The predicted octanol–water partition coefficient (Wildman–Crippen LogP) is 6.61. The van der Waals surface area contributed by atoms with Crippen LogP contribution in [0.25, 0.3) is 0 Å². The lowest BCUT2D eigenvalue weighted by Crippen LogP contribution is -2.51. The minimum absolute atomic E-state index is 0.116. The van der Waals surface area contributed by atoms with E-state index < -0.39 is 0 Å². The summed E-state index contributed by atoms with van der Waals surface area (Å²) in [6, 6.07) is 0. The van der Waals surface area contributed by atoms with Crippen LogP contribution in [0, 0.1) is 52.3 Å². The van der Waals surface area contributed by atoms with Gasteiger partial charge in [0.2, 0.25) is 0 Å². The van der Waals surface area contributed by atoms with Gasteiger partial charge in [0.1, 0.15) is 0 Å². The molecule has 0 amide bonds. The molecule has 0 heterocycles. The summed E-state index contributed by atoms with van der Waals surface area (Å²) in [7, 11) is 0. The Labute approximate surface area is 185 Å². The summed E-state index contributed by atoms with van der Waals surface area (Å²) in [6.07, 6.45) is 12.7. The molecule has 2 heteroatoms. The highest BCUT2D eigenvalue weighted by Crippen LogP contribution is 2.67. The summed E-state index contributed by atoms with van der Waals surface area (Å²) < 4.78 is 0. The van der Waals surface area contributed by atoms with Crippen LogP contribution in [-0.4, -0.2) is 22.4 Å². The van der Waals surface area contributed by atoms with Crippen molar-refractivity contribution >= 4 is 0 Å². The van der Waals surface area contributed by atoms with Crippen LogP contribution in [0.5, 0.6) is 0 Å². The Morgan fingerprint density at radius 3 is 2.43 bits per heavy atom. The van der Waals surface area contributed by atoms with Gasteiger partial charge in [0, 0.05) is 0 Å². The molecule has 2 nitrogen and oxygen atoms in total. The zero-order valence-electron chi connectivity index (χ0n) is 20.5. The van der Waals surface area contributed by atoms with Crippen molar-refractivity contribution in [2.45, 2.75) is 112 Å². The Balaban J connectivity index is 1.53. The third kappa shape index (κ3) is 3.62. The fraction of sp³-hybridized carbons (Fsp3) is 0.929. The molecule has 4 rings (SSSR count). The van der Waals surface area contributed by atoms with Crippen molar-refractivity contribution in [3.05, 3.63) is 11.6 Å². The molecule has 10 atom stereocenters. The quantitative estimate of drug-likeness (QED) is 0.495. The smallest absolute Gasteiger partial charge is 0.0579 e. The maximum Gasteiger partial charge on any atom is 0.0579 e. The minimum Gasteiger partial charge on any atom is -0.393 e. The van der Waals surface area contributed by atoms with E-state index in [-0.39, 0.29) is 12.2 Å².